The Kier molecular flexibility index (Phi) is 6.04. The highest BCUT2D eigenvalue weighted by Crippen LogP contribution is 2.18. The molecule has 24 heavy (non-hydrogen) atoms. The molecule has 1 amide bonds. The van der Waals surface area contributed by atoms with Crippen molar-refractivity contribution in [3.8, 4) is 0 Å². The molecule has 2 saturated heterocycles. The zero-order valence-electron chi connectivity index (χ0n) is 14.4. The minimum absolute atomic E-state index is 0.0635. The van der Waals surface area contributed by atoms with Crippen molar-refractivity contribution in [1.82, 2.24) is 14.8 Å². The Bertz CT molecular complexity index is 518. The van der Waals surface area contributed by atoms with Crippen LogP contribution in [0.2, 0.25) is 0 Å². The second-order valence-corrected chi connectivity index (χ2v) is 6.66. The molecular formula is C18H28N4O2. The predicted molar refractivity (Wildman–Crippen MR) is 94.3 cm³/mol. The molecule has 3 rings (SSSR count). The summed E-state index contributed by atoms with van der Waals surface area (Å²) in [6.45, 7) is 6.07. The molecular weight excluding hydrogens is 304 g/mol. The molecule has 0 aliphatic carbocycles. The summed E-state index contributed by atoms with van der Waals surface area (Å²) in [6, 6.07) is 3.90. The Morgan fingerprint density at radius 1 is 1.00 bits per heavy atom. The van der Waals surface area contributed by atoms with Crippen molar-refractivity contribution in [3.05, 3.63) is 23.9 Å². The van der Waals surface area contributed by atoms with E-state index in [9.17, 15) is 4.79 Å². The zero-order chi connectivity index (χ0) is 16.8. The van der Waals surface area contributed by atoms with Crippen LogP contribution >= 0.6 is 0 Å². The standard InChI is InChI=1S/C18H28N4O2/c23-14-13-20-9-11-22(12-10-20)18(24)16-5-6-17(19-15-16)21-7-3-1-2-4-8-21/h5-6,15,23H,1-4,7-14H2. The van der Waals surface area contributed by atoms with Gasteiger partial charge in [0.2, 0.25) is 0 Å². The van der Waals surface area contributed by atoms with Crippen molar-refractivity contribution in [3.63, 3.8) is 0 Å². The number of β-amino-alcohol motifs (C(OH)–C–C–N with tert-alkyl or cyclic N) is 1. The molecule has 0 atom stereocenters. The summed E-state index contributed by atoms with van der Waals surface area (Å²) in [5.41, 5.74) is 0.671. The fourth-order valence-electron chi connectivity index (χ4n) is 3.50. The fraction of sp³-hybridized carbons (Fsp3) is 0.667. The van der Waals surface area contributed by atoms with Crippen LogP contribution in [0.5, 0.6) is 0 Å². The number of piperazine rings is 1. The van der Waals surface area contributed by atoms with Gasteiger partial charge in [-0.25, -0.2) is 4.98 Å². The number of aromatic nitrogens is 1. The van der Waals surface area contributed by atoms with Gasteiger partial charge in [0.25, 0.3) is 5.91 Å². The SMILES string of the molecule is O=C(c1ccc(N2CCCCCC2)nc1)N1CCN(CCO)CC1. The van der Waals surface area contributed by atoms with Crippen LogP contribution in [0.25, 0.3) is 0 Å². The van der Waals surface area contributed by atoms with Crippen molar-refractivity contribution in [2.45, 2.75) is 25.7 Å². The first-order valence-corrected chi connectivity index (χ1v) is 9.11. The van der Waals surface area contributed by atoms with Gasteiger partial charge in [-0.05, 0) is 25.0 Å². The first-order chi connectivity index (χ1) is 11.8. The van der Waals surface area contributed by atoms with E-state index in [2.05, 4.69) is 14.8 Å². The van der Waals surface area contributed by atoms with E-state index in [-0.39, 0.29) is 12.5 Å². The van der Waals surface area contributed by atoms with E-state index in [4.69, 9.17) is 5.11 Å². The van der Waals surface area contributed by atoms with E-state index < -0.39 is 0 Å². The van der Waals surface area contributed by atoms with E-state index in [0.29, 0.717) is 25.2 Å². The average Bonchev–Trinajstić information content (AvgIpc) is 2.92. The van der Waals surface area contributed by atoms with E-state index in [1.165, 1.54) is 25.7 Å². The van der Waals surface area contributed by atoms with Crippen LogP contribution in [-0.2, 0) is 0 Å². The van der Waals surface area contributed by atoms with Gasteiger partial charge in [-0.1, -0.05) is 12.8 Å². The highest BCUT2D eigenvalue weighted by atomic mass is 16.3. The Balaban J connectivity index is 1.58. The largest absolute Gasteiger partial charge is 0.395 e. The maximum absolute atomic E-state index is 12.6. The lowest BCUT2D eigenvalue weighted by Crippen LogP contribution is -2.49. The Morgan fingerprint density at radius 3 is 2.29 bits per heavy atom. The van der Waals surface area contributed by atoms with Crippen molar-refractivity contribution in [2.75, 3.05) is 57.3 Å². The molecule has 0 bridgehead atoms. The Morgan fingerprint density at radius 2 is 1.71 bits per heavy atom. The lowest BCUT2D eigenvalue weighted by atomic mass is 10.2. The van der Waals surface area contributed by atoms with E-state index >= 15 is 0 Å². The van der Waals surface area contributed by atoms with Crippen molar-refractivity contribution >= 4 is 11.7 Å². The normalized spacial score (nSPS) is 20.0. The van der Waals surface area contributed by atoms with Crippen molar-refractivity contribution in [2.24, 2.45) is 0 Å². The molecule has 132 valence electrons. The van der Waals surface area contributed by atoms with Crippen LogP contribution < -0.4 is 4.90 Å². The molecule has 6 heteroatoms. The number of hydrogen-bond acceptors (Lipinski definition) is 5. The molecule has 0 unspecified atom stereocenters. The molecule has 6 nitrogen and oxygen atoms in total. The third-order valence-electron chi connectivity index (χ3n) is 5.00. The quantitative estimate of drug-likeness (QED) is 0.898. The maximum Gasteiger partial charge on any atom is 0.255 e. The van der Waals surface area contributed by atoms with Crippen LogP contribution in [0.4, 0.5) is 5.82 Å². The van der Waals surface area contributed by atoms with E-state index in [0.717, 1.165) is 32.0 Å². The molecule has 1 aromatic heterocycles. The van der Waals surface area contributed by atoms with Gasteiger partial charge < -0.3 is 14.9 Å². The summed E-state index contributed by atoms with van der Waals surface area (Å²) in [5.74, 6) is 1.05. The Labute approximate surface area is 144 Å². The highest BCUT2D eigenvalue weighted by molar-refractivity contribution is 5.94. The molecule has 0 radical (unpaired) electrons. The highest BCUT2D eigenvalue weighted by Gasteiger charge is 2.22. The number of rotatable bonds is 4. The monoisotopic (exact) mass is 332 g/mol. The number of pyridine rings is 1. The zero-order valence-corrected chi connectivity index (χ0v) is 14.4. The van der Waals surface area contributed by atoms with Gasteiger partial charge in [-0.15, -0.1) is 0 Å². The summed E-state index contributed by atoms with van der Waals surface area (Å²) < 4.78 is 0. The van der Waals surface area contributed by atoms with Gasteiger partial charge in [0.1, 0.15) is 5.82 Å². The van der Waals surface area contributed by atoms with Gasteiger partial charge >= 0.3 is 0 Å². The lowest BCUT2D eigenvalue weighted by Gasteiger charge is -2.34. The van der Waals surface area contributed by atoms with Crippen LogP contribution in [0.3, 0.4) is 0 Å². The minimum atomic E-state index is 0.0635. The number of aliphatic hydroxyl groups excluding tert-OH is 1. The average molecular weight is 332 g/mol. The smallest absolute Gasteiger partial charge is 0.255 e. The van der Waals surface area contributed by atoms with Crippen LogP contribution in [0.1, 0.15) is 36.0 Å². The van der Waals surface area contributed by atoms with Crippen LogP contribution in [-0.4, -0.2) is 78.2 Å². The summed E-state index contributed by atoms with van der Waals surface area (Å²) in [7, 11) is 0. The minimum Gasteiger partial charge on any atom is -0.395 e. The molecule has 0 aromatic carbocycles. The van der Waals surface area contributed by atoms with Gasteiger partial charge in [0, 0.05) is 52.0 Å². The topological polar surface area (TPSA) is 59.9 Å². The molecule has 0 spiro atoms. The summed E-state index contributed by atoms with van der Waals surface area (Å²) in [4.78, 5) is 23.5. The van der Waals surface area contributed by atoms with Crippen molar-refractivity contribution < 1.29 is 9.90 Å². The summed E-state index contributed by atoms with van der Waals surface area (Å²) in [5, 5.41) is 8.99. The van der Waals surface area contributed by atoms with E-state index in [1.54, 1.807) is 6.20 Å². The van der Waals surface area contributed by atoms with Crippen molar-refractivity contribution in [1.29, 1.82) is 0 Å². The summed E-state index contributed by atoms with van der Waals surface area (Å²) in [6.07, 6.45) is 6.77. The van der Waals surface area contributed by atoms with Gasteiger partial charge in [-0.2, -0.15) is 0 Å². The second kappa shape index (κ2) is 8.44. The third kappa shape index (κ3) is 4.24. The van der Waals surface area contributed by atoms with Gasteiger partial charge in [-0.3, -0.25) is 9.69 Å². The number of carbonyl (C=O) groups excluding carboxylic acids is 1. The number of hydrogen-bond donors (Lipinski definition) is 1. The first kappa shape index (κ1) is 17.2. The molecule has 2 aliphatic rings. The van der Waals surface area contributed by atoms with Crippen LogP contribution in [0, 0.1) is 0 Å². The number of amides is 1. The molecule has 2 aliphatic heterocycles. The van der Waals surface area contributed by atoms with Gasteiger partial charge in [0.05, 0.1) is 12.2 Å². The molecule has 2 fully saturated rings. The maximum atomic E-state index is 12.6. The number of aliphatic hydroxyl groups is 1. The molecule has 1 N–H and O–H groups in total. The third-order valence-corrected chi connectivity index (χ3v) is 5.00. The lowest BCUT2D eigenvalue weighted by molar-refractivity contribution is 0.0614. The molecule has 3 heterocycles. The summed E-state index contributed by atoms with van der Waals surface area (Å²) >= 11 is 0. The predicted octanol–water partition coefficient (Wildman–Crippen LogP) is 1.21. The molecule has 1 aromatic rings. The second-order valence-electron chi connectivity index (χ2n) is 6.66. The number of nitrogens with zero attached hydrogens (tertiary/aromatic N) is 4. The van der Waals surface area contributed by atoms with E-state index in [1.807, 2.05) is 17.0 Å². The first-order valence-electron chi connectivity index (χ1n) is 9.11. The fourth-order valence-corrected chi connectivity index (χ4v) is 3.50. The van der Waals surface area contributed by atoms with Crippen LogP contribution in [0.15, 0.2) is 18.3 Å². The molecule has 0 saturated carbocycles. The Hall–Kier alpha value is -1.66. The number of anilines is 1. The number of carbonyl (C=O) groups is 1. The van der Waals surface area contributed by atoms with Gasteiger partial charge in [0.15, 0.2) is 0 Å².